The second-order valence-corrected chi connectivity index (χ2v) is 4.98. The third kappa shape index (κ3) is 3.13. The molecular weight excluding hydrogens is 236 g/mol. The van der Waals surface area contributed by atoms with E-state index in [1.165, 1.54) is 4.90 Å². The second kappa shape index (κ2) is 6.04. The zero-order valence-electron chi connectivity index (χ0n) is 11.1. The molecule has 0 bridgehead atoms. The van der Waals surface area contributed by atoms with E-state index in [2.05, 4.69) is 0 Å². The van der Waals surface area contributed by atoms with Crippen molar-refractivity contribution in [3.05, 3.63) is 0 Å². The van der Waals surface area contributed by atoms with Crippen LogP contribution in [0, 0.1) is 5.41 Å². The first-order valence-corrected chi connectivity index (χ1v) is 6.32. The molecular formula is C12H22N2O4. The summed E-state index contributed by atoms with van der Waals surface area (Å²) in [5.74, 6) is -0.856. The fourth-order valence-electron chi connectivity index (χ4n) is 2.29. The summed E-state index contributed by atoms with van der Waals surface area (Å²) in [7, 11) is 0. The lowest BCUT2D eigenvalue weighted by molar-refractivity contribution is -0.150. The summed E-state index contributed by atoms with van der Waals surface area (Å²) >= 11 is 0. The van der Waals surface area contributed by atoms with Gasteiger partial charge in [0.1, 0.15) is 0 Å². The molecule has 0 saturated carbocycles. The Balaban J connectivity index is 2.71. The molecule has 1 saturated heterocycles. The fraction of sp³-hybridized carbons (Fsp3) is 0.833. The van der Waals surface area contributed by atoms with E-state index < -0.39 is 11.4 Å². The minimum absolute atomic E-state index is 0.0797. The quantitative estimate of drug-likeness (QED) is 0.774. The summed E-state index contributed by atoms with van der Waals surface area (Å²) in [6.07, 6.45) is 1.30. The highest BCUT2D eigenvalue weighted by Crippen LogP contribution is 2.30. The minimum Gasteiger partial charge on any atom is -0.481 e. The maximum atomic E-state index is 12.2. The molecule has 1 heterocycles. The maximum absolute atomic E-state index is 12.2. The van der Waals surface area contributed by atoms with E-state index in [4.69, 9.17) is 5.11 Å². The molecule has 6 heteroatoms. The number of carboxylic acid groups (broad SMARTS) is 1. The lowest BCUT2D eigenvalue weighted by Gasteiger charge is -2.39. The third-order valence-corrected chi connectivity index (χ3v) is 3.51. The van der Waals surface area contributed by atoms with Crippen LogP contribution >= 0.6 is 0 Å². The summed E-state index contributed by atoms with van der Waals surface area (Å²) in [6.45, 7) is 5.07. The molecule has 1 aliphatic heterocycles. The molecule has 0 aliphatic carbocycles. The molecule has 1 unspecified atom stereocenters. The van der Waals surface area contributed by atoms with Gasteiger partial charge in [-0.15, -0.1) is 0 Å². The first kappa shape index (κ1) is 14.8. The van der Waals surface area contributed by atoms with Crippen LogP contribution in [0.1, 0.15) is 26.7 Å². The first-order valence-electron chi connectivity index (χ1n) is 6.32. The van der Waals surface area contributed by atoms with E-state index in [9.17, 15) is 14.7 Å². The number of hydrogen-bond acceptors (Lipinski definition) is 3. The number of nitrogens with zero attached hydrogens (tertiary/aromatic N) is 2. The van der Waals surface area contributed by atoms with E-state index in [0.29, 0.717) is 25.9 Å². The molecule has 1 aliphatic rings. The van der Waals surface area contributed by atoms with Crippen molar-refractivity contribution in [3.63, 3.8) is 0 Å². The molecule has 0 spiro atoms. The van der Waals surface area contributed by atoms with Crippen molar-refractivity contribution in [2.24, 2.45) is 5.41 Å². The zero-order valence-corrected chi connectivity index (χ0v) is 11.1. The Morgan fingerprint density at radius 1 is 1.44 bits per heavy atom. The Hall–Kier alpha value is -1.30. The molecule has 0 radical (unpaired) electrons. The molecule has 104 valence electrons. The van der Waals surface area contributed by atoms with Crippen molar-refractivity contribution in [2.45, 2.75) is 26.7 Å². The van der Waals surface area contributed by atoms with Gasteiger partial charge in [0.25, 0.3) is 0 Å². The van der Waals surface area contributed by atoms with Gasteiger partial charge in [-0.2, -0.15) is 0 Å². The van der Waals surface area contributed by atoms with Crippen LogP contribution in [0.15, 0.2) is 0 Å². The number of carbonyl (C=O) groups excluding carboxylic acids is 1. The van der Waals surface area contributed by atoms with Crippen LogP contribution in [0.5, 0.6) is 0 Å². The van der Waals surface area contributed by atoms with Crippen LogP contribution in [-0.2, 0) is 4.79 Å². The van der Waals surface area contributed by atoms with E-state index in [-0.39, 0.29) is 25.7 Å². The smallest absolute Gasteiger partial charge is 0.320 e. The van der Waals surface area contributed by atoms with Crippen molar-refractivity contribution < 1.29 is 19.8 Å². The van der Waals surface area contributed by atoms with Crippen LogP contribution < -0.4 is 0 Å². The molecule has 1 atom stereocenters. The predicted octanol–water partition coefficient (Wildman–Crippen LogP) is 0.607. The molecule has 1 rings (SSSR count). The van der Waals surface area contributed by atoms with Crippen LogP contribution in [-0.4, -0.2) is 64.8 Å². The Morgan fingerprint density at radius 2 is 2.11 bits per heavy atom. The number of aliphatic carboxylic acids is 1. The number of likely N-dealkylation sites (tertiary alicyclic amines) is 1. The van der Waals surface area contributed by atoms with Crippen LogP contribution in [0.2, 0.25) is 0 Å². The third-order valence-electron chi connectivity index (χ3n) is 3.51. The molecule has 0 aromatic rings. The predicted molar refractivity (Wildman–Crippen MR) is 66.3 cm³/mol. The van der Waals surface area contributed by atoms with Gasteiger partial charge in [-0.05, 0) is 26.7 Å². The van der Waals surface area contributed by atoms with Gasteiger partial charge < -0.3 is 20.0 Å². The molecule has 18 heavy (non-hydrogen) atoms. The highest BCUT2D eigenvalue weighted by Gasteiger charge is 2.40. The van der Waals surface area contributed by atoms with Crippen LogP contribution in [0.25, 0.3) is 0 Å². The molecule has 6 nitrogen and oxygen atoms in total. The summed E-state index contributed by atoms with van der Waals surface area (Å²) in [5.41, 5.74) is -0.855. The molecule has 2 amide bonds. The van der Waals surface area contributed by atoms with E-state index in [1.807, 2.05) is 6.92 Å². The molecule has 0 aromatic heterocycles. The SMILES string of the molecule is CCN(CCO)C(=O)N1CCCC(C)(C(=O)O)C1. The Labute approximate surface area is 107 Å². The number of likely N-dealkylation sites (N-methyl/N-ethyl adjacent to an activating group) is 1. The van der Waals surface area contributed by atoms with Crippen LogP contribution in [0.4, 0.5) is 4.79 Å². The number of carbonyl (C=O) groups is 2. The van der Waals surface area contributed by atoms with Crippen molar-refractivity contribution in [1.29, 1.82) is 0 Å². The summed E-state index contributed by atoms with van der Waals surface area (Å²) in [5, 5.41) is 18.1. The normalized spacial score (nSPS) is 23.8. The average Bonchev–Trinajstić information content (AvgIpc) is 2.35. The number of carboxylic acids is 1. The zero-order chi connectivity index (χ0) is 13.8. The molecule has 0 aromatic carbocycles. The fourth-order valence-corrected chi connectivity index (χ4v) is 2.29. The maximum Gasteiger partial charge on any atom is 0.320 e. The Morgan fingerprint density at radius 3 is 2.61 bits per heavy atom. The van der Waals surface area contributed by atoms with E-state index in [1.54, 1.807) is 11.8 Å². The van der Waals surface area contributed by atoms with Crippen molar-refractivity contribution in [1.82, 2.24) is 9.80 Å². The number of amides is 2. The summed E-state index contributed by atoms with van der Waals surface area (Å²) in [6, 6.07) is -0.182. The van der Waals surface area contributed by atoms with Gasteiger partial charge in [-0.3, -0.25) is 4.79 Å². The number of hydrogen-bond donors (Lipinski definition) is 2. The van der Waals surface area contributed by atoms with Gasteiger partial charge in [0.15, 0.2) is 0 Å². The topological polar surface area (TPSA) is 81.1 Å². The lowest BCUT2D eigenvalue weighted by atomic mass is 9.82. The number of piperidine rings is 1. The van der Waals surface area contributed by atoms with Gasteiger partial charge >= 0.3 is 12.0 Å². The van der Waals surface area contributed by atoms with Gasteiger partial charge in [0.2, 0.25) is 0 Å². The minimum atomic E-state index is -0.856. The molecule has 1 fully saturated rings. The average molecular weight is 258 g/mol. The van der Waals surface area contributed by atoms with Gasteiger partial charge in [-0.1, -0.05) is 0 Å². The van der Waals surface area contributed by atoms with Gasteiger partial charge in [0.05, 0.1) is 12.0 Å². The van der Waals surface area contributed by atoms with Crippen molar-refractivity contribution >= 4 is 12.0 Å². The number of aliphatic hydroxyl groups excluding tert-OH is 1. The van der Waals surface area contributed by atoms with Gasteiger partial charge in [0, 0.05) is 26.2 Å². The van der Waals surface area contributed by atoms with E-state index >= 15 is 0 Å². The largest absolute Gasteiger partial charge is 0.481 e. The van der Waals surface area contributed by atoms with Crippen LogP contribution in [0.3, 0.4) is 0 Å². The van der Waals surface area contributed by atoms with Crippen molar-refractivity contribution in [3.8, 4) is 0 Å². The second-order valence-electron chi connectivity index (χ2n) is 4.98. The number of urea groups is 1. The first-order chi connectivity index (χ1) is 8.44. The van der Waals surface area contributed by atoms with E-state index in [0.717, 1.165) is 0 Å². The number of aliphatic hydroxyl groups is 1. The molecule has 2 N–H and O–H groups in total. The van der Waals surface area contributed by atoms with Gasteiger partial charge in [-0.25, -0.2) is 4.79 Å². The standard InChI is InChI=1S/C12H22N2O4/c1-3-13(7-8-15)11(18)14-6-4-5-12(2,9-14)10(16)17/h15H,3-9H2,1-2H3,(H,16,17). The summed E-state index contributed by atoms with van der Waals surface area (Å²) in [4.78, 5) is 26.5. The Bertz CT molecular complexity index is 321. The number of rotatable bonds is 4. The highest BCUT2D eigenvalue weighted by molar-refractivity contribution is 5.78. The summed E-state index contributed by atoms with van der Waals surface area (Å²) < 4.78 is 0. The van der Waals surface area contributed by atoms with Crippen molar-refractivity contribution in [2.75, 3.05) is 32.8 Å². The Kier molecular flexibility index (Phi) is 4.95. The lowest BCUT2D eigenvalue weighted by Crippen LogP contribution is -2.53. The highest BCUT2D eigenvalue weighted by atomic mass is 16.4. The monoisotopic (exact) mass is 258 g/mol.